The largest absolute Gasteiger partial charge is 0.318 e. The van der Waals surface area contributed by atoms with Crippen LogP contribution in [0.2, 0.25) is 0 Å². The number of non-ortho nitro benzene ring substituents is 1. The Hall–Kier alpha value is -3.88. The number of aromatic nitrogens is 3. The van der Waals surface area contributed by atoms with Crippen molar-refractivity contribution in [1.29, 1.82) is 0 Å². The molecule has 7 nitrogen and oxygen atoms in total. The van der Waals surface area contributed by atoms with Gasteiger partial charge in [-0.3, -0.25) is 19.6 Å². The molecule has 152 valence electrons. The van der Waals surface area contributed by atoms with Crippen LogP contribution in [0.15, 0.2) is 53.5 Å². The molecular weight excluding hydrogens is 394 g/mol. The third-order valence-electron chi connectivity index (χ3n) is 4.93. The predicted octanol–water partition coefficient (Wildman–Crippen LogP) is 3.95. The van der Waals surface area contributed by atoms with Gasteiger partial charge >= 0.3 is 0 Å². The van der Waals surface area contributed by atoms with Gasteiger partial charge in [-0.05, 0) is 47.9 Å². The first-order chi connectivity index (χ1) is 14.2. The number of halogens is 2. The van der Waals surface area contributed by atoms with E-state index < -0.39 is 22.4 Å². The highest BCUT2D eigenvalue weighted by molar-refractivity contribution is 5.93. The van der Waals surface area contributed by atoms with Gasteiger partial charge in [0.1, 0.15) is 11.2 Å². The lowest BCUT2D eigenvalue weighted by Gasteiger charge is -2.09. The number of nitro benzene ring substituents is 1. The molecule has 9 heteroatoms. The van der Waals surface area contributed by atoms with Crippen LogP contribution in [-0.2, 0) is 13.6 Å². The SMILES string of the molecule is Cc1cc(-c2cc([N+](=O)[O-])c3c(F)nn(Cc4ccc(F)cc4)c3c2)cn(C)c1=O. The Morgan fingerprint density at radius 1 is 1.10 bits per heavy atom. The number of hydrogen-bond donors (Lipinski definition) is 0. The molecule has 0 amide bonds. The Morgan fingerprint density at radius 2 is 1.80 bits per heavy atom. The van der Waals surface area contributed by atoms with Gasteiger partial charge in [0.05, 0.1) is 17.0 Å². The monoisotopic (exact) mass is 410 g/mol. The number of nitrogens with zero attached hydrogens (tertiary/aromatic N) is 4. The second-order valence-electron chi connectivity index (χ2n) is 7.05. The van der Waals surface area contributed by atoms with Gasteiger partial charge in [-0.2, -0.15) is 4.39 Å². The molecule has 0 saturated heterocycles. The van der Waals surface area contributed by atoms with Crippen LogP contribution in [0.25, 0.3) is 22.0 Å². The van der Waals surface area contributed by atoms with Crippen molar-refractivity contribution in [3.63, 3.8) is 0 Å². The van der Waals surface area contributed by atoms with Gasteiger partial charge in [0, 0.05) is 24.9 Å². The maximum absolute atomic E-state index is 14.6. The lowest BCUT2D eigenvalue weighted by atomic mass is 10.0. The number of nitro groups is 1. The second kappa shape index (κ2) is 7.18. The van der Waals surface area contributed by atoms with Crippen molar-refractivity contribution in [2.24, 2.45) is 7.05 Å². The summed E-state index contributed by atoms with van der Waals surface area (Å²) in [5.41, 5.74) is 1.80. The van der Waals surface area contributed by atoms with Crippen LogP contribution in [0, 0.1) is 28.8 Å². The molecule has 0 aliphatic heterocycles. The molecule has 2 heterocycles. The third kappa shape index (κ3) is 3.34. The average molecular weight is 410 g/mol. The van der Waals surface area contributed by atoms with Crippen molar-refractivity contribution in [2.45, 2.75) is 13.5 Å². The van der Waals surface area contributed by atoms with E-state index >= 15 is 0 Å². The molecule has 30 heavy (non-hydrogen) atoms. The molecule has 0 atom stereocenters. The fraction of sp³-hybridized carbons (Fsp3) is 0.143. The normalized spacial score (nSPS) is 11.2. The maximum Gasteiger partial charge on any atom is 0.284 e. The number of fused-ring (bicyclic) bond motifs is 1. The molecule has 0 unspecified atom stereocenters. The lowest BCUT2D eigenvalue weighted by Crippen LogP contribution is -2.18. The van der Waals surface area contributed by atoms with Gasteiger partial charge in [-0.25, -0.2) is 4.39 Å². The summed E-state index contributed by atoms with van der Waals surface area (Å²) in [5, 5.41) is 15.3. The second-order valence-corrected chi connectivity index (χ2v) is 7.05. The summed E-state index contributed by atoms with van der Waals surface area (Å²) >= 11 is 0. The molecule has 0 bridgehead atoms. The van der Waals surface area contributed by atoms with Crippen molar-refractivity contribution in [3.05, 3.63) is 92.0 Å². The molecule has 2 aromatic heterocycles. The Labute approximate surface area is 169 Å². The summed E-state index contributed by atoms with van der Waals surface area (Å²) in [6.45, 7) is 1.75. The van der Waals surface area contributed by atoms with Gasteiger partial charge in [0.2, 0.25) is 5.95 Å². The zero-order valence-electron chi connectivity index (χ0n) is 16.1. The van der Waals surface area contributed by atoms with E-state index in [0.29, 0.717) is 22.3 Å². The Morgan fingerprint density at radius 3 is 2.43 bits per heavy atom. The number of hydrogen-bond acceptors (Lipinski definition) is 4. The molecular formula is C21H16F2N4O3. The van der Waals surface area contributed by atoms with E-state index in [1.165, 1.54) is 39.6 Å². The number of benzene rings is 2. The highest BCUT2D eigenvalue weighted by Crippen LogP contribution is 2.34. The molecule has 4 aromatic rings. The molecule has 0 aliphatic carbocycles. The van der Waals surface area contributed by atoms with Crippen molar-refractivity contribution in [2.75, 3.05) is 0 Å². The Bertz CT molecular complexity index is 1330. The molecule has 0 aliphatic rings. The summed E-state index contributed by atoms with van der Waals surface area (Å²) in [5.74, 6) is -1.36. The van der Waals surface area contributed by atoms with Crippen LogP contribution in [0.1, 0.15) is 11.1 Å². The highest BCUT2D eigenvalue weighted by atomic mass is 19.1. The van der Waals surface area contributed by atoms with Crippen molar-refractivity contribution < 1.29 is 13.7 Å². The smallest absolute Gasteiger partial charge is 0.284 e. The zero-order chi connectivity index (χ0) is 21.6. The molecule has 0 fully saturated rings. The number of rotatable bonds is 4. The van der Waals surface area contributed by atoms with Crippen LogP contribution >= 0.6 is 0 Å². The van der Waals surface area contributed by atoms with Crippen molar-refractivity contribution >= 4 is 16.6 Å². The maximum atomic E-state index is 14.6. The molecule has 0 saturated carbocycles. The fourth-order valence-corrected chi connectivity index (χ4v) is 3.47. The quantitative estimate of drug-likeness (QED) is 0.377. The summed E-state index contributed by atoms with van der Waals surface area (Å²) in [6, 6.07) is 10.1. The number of pyridine rings is 1. The lowest BCUT2D eigenvalue weighted by molar-refractivity contribution is -0.383. The van der Waals surface area contributed by atoms with E-state index in [0.717, 1.165) is 0 Å². The van der Waals surface area contributed by atoms with Crippen molar-refractivity contribution in [1.82, 2.24) is 14.3 Å². The summed E-state index contributed by atoms with van der Waals surface area (Å²) in [7, 11) is 1.59. The first kappa shape index (κ1) is 19.4. The van der Waals surface area contributed by atoms with Crippen LogP contribution in [-0.4, -0.2) is 19.3 Å². The van der Waals surface area contributed by atoms with E-state index in [9.17, 15) is 23.7 Å². The van der Waals surface area contributed by atoms with Gasteiger partial charge in [0.25, 0.3) is 11.2 Å². The van der Waals surface area contributed by atoms with Crippen LogP contribution in [0.5, 0.6) is 0 Å². The highest BCUT2D eigenvalue weighted by Gasteiger charge is 2.23. The predicted molar refractivity (Wildman–Crippen MR) is 107 cm³/mol. The average Bonchev–Trinajstić information content (AvgIpc) is 3.02. The van der Waals surface area contributed by atoms with Crippen LogP contribution in [0.4, 0.5) is 14.5 Å². The topological polar surface area (TPSA) is 83.0 Å². The minimum Gasteiger partial charge on any atom is -0.318 e. The van der Waals surface area contributed by atoms with Gasteiger partial charge in [-0.15, -0.1) is 5.10 Å². The van der Waals surface area contributed by atoms with E-state index in [4.69, 9.17) is 0 Å². The number of aryl methyl sites for hydroxylation is 2. The van der Waals surface area contributed by atoms with E-state index in [-0.39, 0.29) is 23.0 Å². The van der Waals surface area contributed by atoms with Gasteiger partial charge in [-0.1, -0.05) is 12.1 Å². The Kier molecular flexibility index (Phi) is 4.65. The third-order valence-corrected chi connectivity index (χ3v) is 4.93. The van der Waals surface area contributed by atoms with Crippen molar-refractivity contribution in [3.8, 4) is 11.1 Å². The van der Waals surface area contributed by atoms with Crippen LogP contribution in [0.3, 0.4) is 0 Å². The molecule has 0 radical (unpaired) electrons. The summed E-state index contributed by atoms with van der Waals surface area (Å²) < 4.78 is 30.4. The first-order valence-electron chi connectivity index (χ1n) is 9.01. The van der Waals surface area contributed by atoms with E-state index in [2.05, 4.69) is 5.10 Å². The summed E-state index contributed by atoms with van der Waals surface area (Å²) in [6.07, 6.45) is 1.57. The minimum absolute atomic E-state index is 0.105. The van der Waals surface area contributed by atoms with E-state index in [1.54, 1.807) is 32.3 Å². The Balaban J connectivity index is 1.94. The van der Waals surface area contributed by atoms with Gasteiger partial charge in [0.15, 0.2) is 0 Å². The molecule has 4 rings (SSSR count). The zero-order valence-corrected chi connectivity index (χ0v) is 16.1. The fourth-order valence-electron chi connectivity index (χ4n) is 3.47. The van der Waals surface area contributed by atoms with E-state index in [1.807, 2.05) is 0 Å². The van der Waals surface area contributed by atoms with Gasteiger partial charge < -0.3 is 4.57 Å². The summed E-state index contributed by atoms with van der Waals surface area (Å²) in [4.78, 5) is 23.0. The van der Waals surface area contributed by atoms with Crippen LogP contribution < -0.4 is 5.56 Å². The molecule has 0 N–H and O–H groups in total. The molecule has 2 aromatic carbocycles. The minimum atomic E-state index is -0.956. The first-order valence-corrected chi connectivity index (χ1v) is 9.01. The molecule has 0 spiro atoms. The standard InChI is InChI=1S/C21H16F2N4O3/c1-12-7-15(11-25(2)21(12)28)14-8-17-19(18(9-14)27(29)30)20(23)24-26(17)10-13-3-5-16(22)6-4-13/h3-9,11H,10H2,1-2H3.